The topological polar surface area (TPSA) is 21.3 Å². The molecule has 1 aromatic rings. The van der Waals surface area contributed by atoms with Crippen molar-refractivity contribution in [3.8, 4) is 5.75 Å². The lowest BCUT2D eigenvalue weighted by Gasteiger charge is -2.08. The third kappa shape index (κ3) is 7.84. The van der Waals surface area contributed by atoms with Crippen LogP contribution in [-0.4, -0.2) is 31.0 Å². The Balaban J connectivity index is 2.00. The molecule has 18 heavy (non-hydrogen) atoms. The van der Waals surface area contributed by atoms with Gasteiger partial charge in [-0.25, -0.2) is 0 Å². The molecular formula is C11H13BrF3NOS. The second kappa shape index (κ2) is 7.91. The van der Waals surface area contributed by atoms with Gasteiger partial charge in [0, 0.05) is 23.3 Å². The fourth-order valence-electron chi connectivity index (χ4n) is 1.14. The number of nitrogens with one attached hydrogen (secondary N) is 1. The maximum atomic E-state index is 11.8. The standard InChI is InChI=1S/C11H13BrF3NOS/c12-9-1-3-10(4-2-9)17-7-5-16-6-8-18-11(13,14)15/h1-4,16H,5-8H2. The molecule has 0 radical (unpaired) electrons. The largest absolute Gasteiger partial charge is 0.492 e. The quantitative estimate of drug-likeness (QED) is 0.763. The number of rotatable bonds is 7. The van der Waals surface area contributed by atoms with Crippen molar-refractivity contribution in [2.45, 2.75) is 5.51 Å². The van der Waals surface area contributed by atoms with E-state index in [1.807, 2.05) is 24.3 Å². The summed E-state index contributed by atoms with van der Waals surface area (Å²) in [5, 5.41) is 2.88. The molecule has 0 aliphatic rings. The Morgan fingerprint density at radius 2 is 1.83 bits per heavy atom. The van der Waals surface area contributed by atoms with Gasteiger partial charge < -0.3 is 10.1 Å². The van der Waals surface area contributed by atoms with Gasteiger partial charge in [-0.15, -0.1) is 0 Å². The van der Waals surface area contributed by atoms with Gasteiger partial charge in [-0.3, -0.25) is 0 Å². The van der Waals surface area contributed by atoms with Gasteiger partial charge in [-0.1, -0.05) is 15.9 Å². The van der Waals surface area contributed by atoms with E-state index in [0.717, 1.165) is 10.2 Å². The molecule has 1 rings (SSSR count). The minimum atomic E-state index is -4.14. The Kier molecular flexibility index (Phi) is 6.88. The first-order valence-electron chi connectivity index (χ1n) is 5.27. The summed E-state index contributed by atoms with van der Waals surface area (Å²) in [6.07, 6.45) is 0. The molecule has 0 saturated heterocycles. The van der Waals surface area contributed by atoms with Gasteiger partial charge in [-0.2, -0.15) is 13.2 Å². The van der Waals surface area contributed by atoms with E-state index in [1.165, 1.54) is 0 Å². The van der Waals surface area contributed by atoms with Crippen LogP contribution in [0.4, 0.5) is 13.2 Å². The van der Waals surface area contributed by atoms with Crippen LogP contribution >= 0.6 is 27.7 Å². The van der Waals surface area contributed by atoms with Crippen molar-refractivity contribution in [2.24, 2.45) is 0 Å². The fourth-order valence-corrected chi connectivity index (χ4v) is 1.88. The van der Waals surface area contributed by atoms with Crippen LogP contribution in [0.15, 0.2) is 28.7 Å². The van der Waals surface area contributed by atoms with Crippen LogP contribution in [0.25, 0.3) is 0 Å². The van der Waals surface area contributed by atoms with Crippen molar-refractivity contribution < 1.29 is 17.9 Å². The molecule has 1 N–H and O–H groups in total. The van der Waals surface area contributed by atoms with Crippen LogP contribution in [0.2, 0.25) is 0 Å². The molecule has 0 aliphatic heterocycles. The molecule has 7 heteroatoms. The smallest absolute Gasteiger partial charge is 0.441 e. The molecule has 0 unspecified atom stereocenters. The van der Waals surface area contributed by atoms with Gasteiger partial charge >= 0.3 is 5.51 Å². The van der Waals surface area contributed by atoms with Crippen LogP contribution in [0, 0.1) is 0 Å². The molecule has 1 aromatic carbocycles. The molecule has 0 fully saturated rings. The minimum absolute atomic E-state index is 0.0157. The zero-order chi connectivity index (χ0) is 13.4. The van der Waals surface area contributed by atoms with E-state index in [0.29, 0.717) is 19.7 Å². The van der Waals surface area contributed by atoms with Crippen molar-refractivity contribution in [1.82, 2.24) is 5.32 Å². The summed E-state index contributed by atoms with van der Waals surface area (Å²) in [5.74, 6) is 0.756. The number of benzene rings is 1. The second-order valence-corrected chi connectivity index (χ2v) is 5.42. The van der Waals surface area contributed by atoms with Gasteiger partial charge in [0.2, 0.25) is 0 Å². The van der Waals surface area contributed by atoms with E-state index < -0.39 is 5.51 Å². The Morgan fingerprint density at radius 3 is 2.44 bits per heavy atom. The molecular weight excluding hydrogens is 331 g/mol. The van der Waals surface area contributed by atoms with Crippen molar-refractivity contribution in [2.75, 3.05) is 25.4 Å². The lowest BCUT2D eigenvalue weighted by Crippen LogP contribution is -2.24. The van der Waals surface area contributed by atoms with Crippen LogP contribution < -0.4 is 10.1 Å². The number of hydrogen-bond acceptors (Lipinski definition) is 3. The van der Waals surface area contributed by atoms with Crippen LogP contribution in [-0.2, 0) is 0 Å². The van der Waals surface area contributed by atoms with E-state index in [1.54, 1.807) is 0 Å². The van der Waals surface area contributed by atoms with Gasteiger partial charge in [0.1, 0.15) is 12.4 Å². The van der Waals surface area contributed by atoms with E-state index >= 15 is 0 Å². The number of hydrogen-bond donors (Lipinski definition) is 1. The molecule has 0 aromatic heterocycles. The SMILES string of the molecule is FC(F)(F)SCCNCCOc1ccc(Br)cc1. The normalized spacial score (nSPS) is 11.6. The molecule has 0 saturated carbocycles. The summed E-state index contributed by atoms with van der Waals surface area (Å²) in [6, 6.07) is 7.37. The zero-order valence-corrected chi connectivity index (χ0v) is 11.9. The first-order valence-corrected chi connectivity index (χ1v) is 7.05. The average molecular weight is 344 g/mol. The van der Waals surface area contributed by atoms with Crippen LogP contribution in [0.5, 0.6) is 5.75 Å². The molecule has 0 aliphatic carbocycles. The predicted molar refractivity (Wildman–Crippen MR) is 71.0 cm³/mol. The maximum Gasteiger partial charge on any atom is 0.441 e. The first-order chi connectivity index (χ1) is 8.47. The molecule has 0 atom stereocenters. The van der Waals surface area contributed by atoms with Crippen molar-refractivity contribution in [1.29, 1.82) is 0 Å². The predicted octanol–water partition coefficient (Wildman–Crippen LogP) is 3.67. The highest BCUT2D eigenvalue weighted by atomic mass is 79.9. The van der Waals surface area contributed by atoms with E-state index in [2.05, 4.69) is 21.2 Å². The third-order valence-corrected chi connectivity index (χ3v) is 3.17. The van der Waals surface area contributed by atoms with Crippen molar-refractivity contribution in [3.63, 3.8) is 0 Å². The highest BCUT2D eigenvalue weighted by molar-refractivity contribution is 9.10. The Morgan fingerprint density at radius 1 is 1.17 bits per heavy atom. The lowest BCUT2D eigenvalue weighted by molar-refractivity contribution is -0.0327. The summed E-state index contributed by atoms with van der Waals surface area (Å²) in [4.78, 5) is 0. The monoisotopic (exact) mass is 343 g/mol. The van der Waals surface area contributed by atoms with Crippen LogP contribution in [0.3, 0.4) is 0 Å². The van der Waals surface area contributed by atoms with E-state index in [-0.39, 0.29) is 17.5 Å². The Hall–Kier alpha value is -0.400. The average Bonchev–Trinajstić information content (AvgIpc) is 2.29. The molecule has 0 spiro atoms. The van der Waals surface area contributed by atoms with Crippen molar-refractivity contribution >= 4 is 27.7 Å². The molecule has 0 amide bonds. The highest BCUT2D eigenvalue weighted by Crippen LogP contribution is 2.29. The minimum Gasteiger partial charge on any atom is -0.492 e. The first kappa shape index (κ1) is 15.7. The number of thioether (sulfide) groups is 1. The van der Waals surface area contributed by atoms with Crippen molar-refractivity contribution in [3.05, 3.63) is 28.7 Å². The van der Waals surface area contributed by atoms with Gasteiger partial charge in [0.15, 0.2) is 0 Å². The third-order valence-electron chi connectivity index (χ3n) is 1.91. The molecule has 2 nitrogen and oxygen atoms in total. The fraction of sp³-hybridized carbons (Fsp3) is 0.455. The van der Waals surface area contributed by atoms with Gasteiger partial charge in [0.05, 0.1) is 0 Å². The summed E-state index contributed by atoms with van der Waals surface area (Å²) >= 11 is 3.29. The molecule has 102 valence electrons. The van der Waals surface area contributed by atoms with E-state index in [9.17, 15) is 13.2 Å². The van der Waals surface area contributed by atoms with Gasteiger partial charge in [-0.05, 0) is 36.0 Å². The second-order valence-electron chi connectivity index (χ2n) is 3.35. The van der Waals surface area contributed by atoms with Gasteiger partial charge in [0.25, 0.3) is 0 Å². The summed E-state index contributed by atoms with van der Waals surface area (Å²) in [6.45, 7) is 1.26. The number of alkyl halides is 3. The Labute approximate surface area is 116 Å². The Bertz CT molecular complexity index is 345. The summed E-state index contributed by atoms with van der Waals surface area (Å²) in [5.41, 5.74) is -4.14. The highest BCUT2D eigenvalue weighted by Gasteiger charge is 2.27. The number of halogens is 4. The van der Waals surface area contributed by atoms with Crippen LogP contribution in [0.1, 0.15) is 0 Å². The number of ether oxygens (including phenoxy) is 1. The summed E-state index contributed by atoms with van der Waals surface area (Å²) < 4.78 is 41.7. The van der Waals surface area contributed by atoms with E-state index in [4.69, 9.17) is 4.74 Å². The zero-order valence-electron chi connectivity index (χ0n) is 9.47. The molecule has 0 bridgehead atoms. The lowest BCUT2D eigenvalue weighted by atomic mass is 10.3. The molecule has 0 heterocycles. The summed E-state index contributed by atoms with van der Waals surface area (Å²) in [7, 11) is 0. The maximum absolute atomic E-state index is 11.8.